The van der Waals surface area contributed by atoms with E-state index in [4.69, 9.17) is 10.5 Å². The molecule has 0 spiro atoms. The molecule has 2 unspecified atom stereocenters. The molecule has 0 aromatic rings. The molecule has 1 fully saturated rings. The molecule has 1 aliphatic rings. The first-order valence-corrected chi connectivity index (χ1v) is 6.73. The van der Waals surface area contributed by atoms with Crippen LogP contribution in [0.5, 0.6) is 0 Å². The summed E-state index contributed by atoms with van der Waals surface area (Å²) >= 11 is 0. The van der Waals surface area contributed by atoms with E-state index in [0.717, 1.165) is 19.4 Å². The molecular weight excluding hydrogens is 230 g/mol. The van der Waals surface area contributed by atoms with Crippen LogP contribution in [-0.2, 0) is 9.53 Å². The lowest BCUT2D eigenvalue weighted by Gasteiger charge is -2.38. The lowest BCUT2D eigenvalue weighted by atomic mass is 9.91. The Morgan fingerprint density at radius 3 is 2.56 bits per heavy atom. The van der Waals surface area contributed by atoms with Crippen molar-refractivity contribution in [3.63, 3.8) is 0 Å². The minimum absolute atomic E-state index is 0.240. The summed E-state index contributed by atoms with van der Waals surface area (Å²) in [6.45, 7) is 6.41. The maximum absolute atomic E-state index is 11.9. The summed E-state index contributed by atoms with van der Waals surface area (Å²) in [6, 6.07) is 0.283. The monoisotopic (exact) mass is 257 g/mol. The van der Waals surface area contributed by atoms with Gasteiger partial charge in [-0.05, 0) is 39.3 Å². The molecule has 2 atom stereocenters. The molecule has 0 radical (unpaired) electrons. The molecule has 5 nitrogen and oxygen atoms in total. The number of nitrogens with one attached hydrogen (secondary N) is 1. The van der Waals surface area contributed by atoms with Gasteiger partial charge in [-0.2, -0.15) is 0 Å². The van der Waals surface area contributed by atoms with Crippen LogP contribution in [0.25, 0.3) is 0 Å². The van der Waals surface area contributed by atoms with Crippen molar-refractivity contribution in [2.24, 2.45) is 11.7 Å². The molecule has 0 aliphatic heterocycles. The number of carbonyl (C=O) groups is 1. The highest BCUT2D eigenvalue weighted by molar-refractivity contribution is 5.86. The Balaban J connectivity index is 2.77. The molecule has 0 bridgehead atoms. The second-order valence-electron chi connectivity index (χ2n) is 5.23. The topological polar surface area (TPSA) is 67.6 Å². The summed E-state index contributed by atoms with van der Waals surface area (Å²) in [7, 11) is 3.53. The number of methoxy groups -OCH3 is 1. The molecule has 18 heavy (non-hydrogen) atoms. The van der Waals surface area contributed by atoms with Gasteiger partial charge in [-0.25, -0.2) is 0 Å². The number of carbonyl (C=O) groups excluding carboxylic acids is 1. The quantitative estimate of drug-likeness (QED) is 0.619. The summed E-state index contributed by atoms with van der Waals surface area (Å²) in [5, 5.41) is 3.18. The van der Waals surface area contributed by atoms with E-state index < -0.39 is 5.54 Å². The molecule has 106 valence electrons. The summed E-state index contributed by atoms with van der Waals surface area (Å²) < 4.78 is 5.19. The third-order valence-corrected chi connectivity index (χ3v) is 4.05. The first-order valence-electron chi connectivity index (χ1n) is 6.73. The van der Waals surface area contributed by atoms with Gasteiger partial charge in [-0.15, -0.1) is 0 Å². The number of rotatable bonds is 9. The Labute approximate surface area is 110 Å². The molecule has 1 aliphatic carbocycles. The van der Waals surface area contributed by atoms with Gasteiger partial charge < -0.3 is 15.8 Å². The maximum Gasteiger partial charge on any atom is 0.239 e. The van der Waals surface area contributed by atoms with Gasteiger partial charge in [0.25, 0.3) is 0 Å². The zero-order chi connectivity index (χ0) is 13.8. The Hall–Kier alpha value is -0.650. The zero-order valence-electron chi connectivity index (χ0n) is 12.0. The second-order valence-corrected chi connectivity index (χ2v) is 5.23. The number of hydrogen-bond acceptors (Lipinski definition) is 4. The van der Waals surface area contributed by atoms with Crippen molar-refractivity contribution >= 4 is 5.91 Å². The number of primary amides is 1. The first-order chi connectivity index (χ1) is 8.51. The van der Waals surface area contributed by atoms with Gasteiger partial charge in [-0.1, -0.05) is 6.92 Å². The van der Waals surface area contributed by atoms with Gasteiger partial charge in [-0.3, -0.25) is 9.69 Å². The van der Waals surface area contributed by atoms with Gasteiger partial charge in [0.2, 0.25) is 5.91 Å². The maximum atomic E-state index is 11.9. The van der Waals surface area contributed by atoms with E-state index in [9.17, 15) is 4.79 Å². The molecule has 0 heterocycles. The Morgan fingerprint density at radius 1 is 1.61 bits per heavy atom. The fourth-order valence-corrected chi connectivity index (χ4v) is 2.64. The van der Waals surface area contributed by atoms with Crippen LogP contribution in [0.4, 0.5) is 0 Å². The predicted octanol–water partition coefficient (Wildman–Crippen LogP) is 0.197. The standard InChI is InChI=1S/C13H27N3O2/c1-5-16(10(2)8-18-4)9-13(15-3,12(14)17)11-6-7-11/h10-11,15H,5-9H2,1-4H3,(H2,14,17). The minimum atomic E-state index is -0.585. The molecule has 0 aromatic heterocycles. The molecule has 1 saturated carbocycles. The fourth-order valence-electron chi connectivity index (χ4n) is 2.64. The molecule has 3 N–H and O–H groups in total. The summed E-state index contributed by atoms with van der Waals surface area (Å²) in [4.78, 5) is 14.1. The molecule has 1 rings (SSSR count). The Morgan fingerprint density at radius 2 is 2.22 bits per heavy atom. The number of ether oxygens (including phenoxy) is 1. The average Bonchev–Trinajstić information content (AvgIpc) is 3.15. The van der Waals surface area contributed by atoms with E-state index in [0.29, 0.717) is 19.1 Å². The third-order valence-electron chi connectivity index (χ3n) is 4.05. The predicted molar refractivity (Wildman–Crippen MR) is 72.3 cm³/mol. The van der Waals surface area contributed by atoms with Crippen molar-refractivity contribution in [2.45, 2.75) is 38.3 Å². The molecule has 5 heteroatoms. The number of likely N-dealkylation sites (N-methyl/N-ethyl adjacent to an activating group) is 2. The van der Waals surface area contributed by atoms with Gasteiger partial charge in [0.1, 0.15) is 5.54 Å². The Kier molecular flexibility index (Phi) is 5.56. The van der Waals surface area contributed by atoms with Crippen LogP contribution in [0, 0.1) is 5.92 Å². The van der Waals surface area contributed by atoms with Crippen molar-refractivity contribution in [1.29, 1.82) is 0 Å². The summed E-state index contributed by atoms with van der Waals surface area (Å²) in [5.41, 5.74) is 5.06. The van der Waals surface area contributed by atoms with Crippen molar-refractivity contribution < 1.29 is 9.53 Å². The average molecular weight is 257 g/mol. The van der Waals surface area contributed by atoms with Gasteiger partial charge in [0.15, 0.2) is 0 Å². The van der Waals surface area contributed by atoms with E-state index >= 15 is 0 Å². The molecule has 0 saturated heterocycles. The fraction of sp³-hybridized carbons (Fsp3) is 0.923. The van der Waals surface area contributed by atoms with Crippen LogP contribution in [0.2, 0.25) is 0 Å². The number of hydrogen-bond donors (Lipinski definition) is 2. The molecular formula is C13H27N3O2. The van der Waals surface area contributed by atoms with Crippen molar-refractivity contribution in [3.05, 3.63) is 0 Å². The minimum Gasteiger partial charge on any atom is -0.383 e. The van der Waals surface area contributed by atoms with Crippen molar-refractivity contribution in [1.82, 2.24) is 10.2 Å². The van der Waals surface area contributed by atoms with Gasteiger partial charge in [0.05, 0.1) is 6.61 Å². The van der Waals surface area contributed by atoms with Gasteiger partial charge >= 0.3 is 0 Å². The van der Waals surface area contributed by atoms with Crippen LogP contribution in [-0.4, -0.2) is 56.2 Å². The first kappa shape index (κ1) is 15.4. The lowest BCUT2D eigenvalue weighted by molar-refractivity contribution is -0.126. The van der Waals surface area contributed by atoms with Crippen LogP contribution >= 0.6 is 0 Å². The van der Waals surface area contributed by atoms with Crippen molar-refractivity contribution in [3.8, 4) is 0 Å². The summed E-state index contributed by atoms with van der Waals surface area (Å²) in [5.74, 6) is 0.138. The van der Waals surface area contributed by atoms with Crippen LogP contribution in [0.1, 0.15) is 26.7 Å². The van der Waals surface area contributed by atoms with Gasteiger partial charge in [0, 0.05) is 19.7 Å². The van der Waals surface area contributed by atoms with Crippen LogP contribution < -0.4 is 11.1 Å². The zero-order valence-corrected chi connectivity index (χ0v) is 12.0. The normalized spacial score (nSPS) is 20.7. The smallest absolute Gasteiger partial charge is 0.239 e. The lowest BCUT2D eigenvalue weighted by Crippen LogP contribution is -2.63. The SMILES string of the molecule is CCN(CC(NC)(C(N)=O)C1CC1)C(C)COC. The Bertz CT molecular complexity index is 281. The van der Waals surface area contributed by atoms with E-state index in [-0.39, 0.29) is 11.9 Å². The highest BCUT2D eigenvalue weighted by atomic mass is 16.5. The van der Waals surface area contributed by atoms with E-state index in [1.165, 1.54) is 0 Å². The highest BCUT2D eigenvalue weighted by Gasteiger charge is 2.49. The third kappa shape index (κ3) is 3.22. The molecule has 0 aromatic carbocycles. The van der Waals surface area contributed by atoms with Crippen LogP contribution in [0.15, 0.2) is 0 Å². The number of nitrogens with two attached hydrogens (primary N) is 1. The second kappa shape index (κ2) is 6.50. The highest BCUT2D eigenvalue weighted by Crippen LogP contribution is 2.40. The summed E-state index contributed by atoms with van der Waals surface area (Å²) in [6.07, 6.45) is 2.17. The van der Waals surface area contributed by atoms with Crippen molar-refractivity contribution in [2.75, 3.05) is 33.9 Å². The number of amides is 1. The largest absolute Gasteiger partial charge is 0.383 e. The number of nitrogens with zero attached hydrogens (tertiary/aromatic N) is 1. The van der Waals surface area contributed by atoms with E-state index in [1.54, 1.807) is 7.11 Å². The van der Waals surface area contributed by atoms with Crippen LogP contribution in [0.3, 0.4) is 0 Å². The van der Waals surface area contributed by atoms with E-state index in [2.05, 4.69) is 24.1 Å². The van der Waals surface area contributed by atoms with E-state index in [1.807, 2.05) is 7.05 Å². The molecule has 1 amide bonds.